The number of nitrogens with one attached hydrogen (secondary N) is 1. The third kappa shape index (κ3) is 8.69. The highest BCUT2D eigenvalue weighted by Crippen LogP contribution is 2.30. The fourth-order valence-electron chi connectivity index (χ4n) is 5.79. The SMILES string of the molecule is CC[C@@H](C(=O)NC1CCCC1)N(Cc1ccc(Cl)cc1Cl)C(=O)CN(c1ccc(Oc2ccccc2)cc1)S(=O)(=O)c1ccc(C)cc1. The highest BCUT2D eigenvalue weighted by atomic mass is 35.5. The summed E-state index contributed by atoms with van der Waals surface area (Å²) in [6, 6.07) is 26.3. The summed E-state index contributed by atoms with van der Waals surface area (Å²) < 4.78 is 35.5. The molecule has 4 aromatic carbocycles. The summed E-state index contributed by atoms with van der Waals surface area (Å²) in [6.07, 6.45) is 4.14. The Bertz CT molecular complexity index is 1810. The molecule has 0 spiro atoms. The lowest BCUT2D eigenvalue weighted by Gasteiger charge is -2.34. The maximum atomic E-state index is 14.4. The van der Waals surface area contributed by atoms with Crippen molar-refractivity contribution in [3.63, 3.8) is 0 Å². The number of hydrogen-bond donors (Lipinski definition) is 1. The van der Waals surface area contributed by atoms with Crippen LogP contribution < -0.4 is 14.4 Å². The van der Waals surface area contributed by atoms with Gasteiger partial charge < -0.3 is 15.0 Å². The summed E-state index contributed by atoms with van der Waals surface area (Å²) in [4.78, 5) is 29.6. The fourth-order valence-corrected chi connectivity index (χ4v) is 7.67. The summed E-state index contributed by atoms with van der Waals surface area (Å²) in [5.41, 5.74) is 1.73. The standard InChI is InChI=1S/C37H39Cl2N3O5S/c1-3-35(37(44)40-29-9-7-8-10-29)41(24-27-15-16-28(38)23-34(27)39)36(43)25-42(48(45,46)33-21-13-26(2)14-22-33)30-17-19-32(20-18-30)47-31-11-5-4-6-12-31/h4-6,11-23,29,35H,3,7-10,24-25H2,1-2H3,(H,40,44)/t35-/m0/s1. The number of anilines is 1. The first kappa shape index (κ1) is 35.3. The van der Waals surface area contributed by atoms with E-state index in [2.05, 4.69) is 5.32 Å². The second kappa shape index (κ2) is 15.9. The smallest absolute Gasteiger partial charge is 0.264 e. The molecule has 0 aliphatic heterocycles. The quantitative estimate of drug-likeness (QED) is 0.151. The maximum Gasteiger partial charge on any atom is 0.264 e. The van der Waals surface area contributed by atoms with E-state index in [0.29, 0.717) is 33.5 Å². The van der Waals surface area contributed by atoms with Gasteiger partial charge in [0.15, 0.2) is 0 Å². The van der Waals surface area contributed by atoms with Crippen molar-refractivity contribution in [2.75, 3.05) is 10.8 Å². The third-order valence-corrected chi connectivity index (χ3v) is 10.8. The van der Waals surface area contributed by atoms with Crippen LogP contribution in [-0.4, -0.2) is 43.8 Å². The topological polar surface area (TPSA) is 96.0 Å². The maximum absolute atomic E-state index is 14.4. The van der Waals surface area contributed by atoms with Crippen molar-refractivity contribution in [2.24, 2.45) is 0 Å². The van der Waals surface area contributed by atoms with E-state index in [1.165, 1.54) is 17.0 Å². The van der Waals surface area contributed by atoms with Crippen molar-refractivity contribution in [1.29, 1.82) is 0 Å². The van der Waals surface area contributed by atoms with Gasteiger partial charge in [0.25, 0.3) is 10.0 Å². The summed E-state index contributed by atoms with van der Waals surface area (Å²) >= 11 is 12.7. The molecule has 1 aliphatic rings. The second-order valence-electron chi connectivity index (χ2n) is 11.9. The number of hydrogen-bond acceptors (Lipinski definition) is 5. The number of aryl methyl sites for hydroxylation is 1. The molecule has 5 rings (SSSR count). The van der Waals surface area contributed by atoms with Crippen LogP contribution in [0, 0.1) is 6.92 Å². The summed E-state index contributed by atoms with van der Waals surface area (Å²) in [7, 11) is -4.23. The number of ether oxygens (including phenoxy) is 1. The number of benzene rings is 4. The van der Waals surface area contributed by atoms with Gasteiger partial charge in [-0.25, -0.2) is 8.42 Å². The highest BCUT2D eigenvalue weighted by molar-refractivity contribution is 7.92. The van der Waals surface area contributed by atoms with Crippen molar-refractivity contribution in [2.45, 2.75) is 69.5 Å². The van der Waals surface area contributed by atoms with Crippen LogP contribution in [0.5, 0.6) is 11.5 Å². The fraction of sp³-hybridized carbons (Fsp3) is 0.297. The molecule has 0 saturated heterocycles. The number of amides is 2. The number of nitrogens with zero attached hydrogens (tertiary/aromatic N) is 2. The van der Waals surface area contributed by atoms with E-state index in [1.54, 1.807) is 54.6 Å². The average molecular weight is 709 g/mol. The van der Waals surface area contributed by atoms with E-state index in [0.717, 1.165) is 35.6 Å². The van der Waals surface area contributed by atoms with E-state index >= 15 is 0 Å². The van der Waals surface area contributed by atoms with Gasteiger partial charge in [-0.15, -0.1) is 0 Å². The largest absolute Gasteiger partial charge is 0.457 e. The monoisotopic (exact) mass is 707 g/mol. The van der Waals surface area contributed by atoms with Crippen LogP contribution in [0.25, 0.3) is 0 Å². The Hall–Kier alpha value is -4.05. The Morgan fingerprint density at radius 2 is 1.54 bits per heavy atom. The summed E-state index contributed by atoms with van der Waals surface area (Å²) in [5, 5.41) is 3.89. The van der Waals surface area contributed by atoms with Gasteiger partial charge in [0.1, 0.15) is 24.1 Å². The van der Waals surface area contributed by atoms with E-state index in [9.17, 15) is 18.0 Å². The molecule has 0 aromatic heterocycles. The first-order chi connectivity index (χ1) is 23.0. The van der Waals surface area contributed by atoms with Crippen LogP contribution in [0.3, 0.4) is 0 Å². The Morgan fingerprint density at radius 1 is 0.896 bits per heavy atom. The highest BCUT2D eigenvalue weighted by Gasteiger charge is 2.35. The molecule has 48 heavy (non-hydrogen) atoms. The lowest BCUT2D eigenvalue weighted by molar-refractivity contribution is -0.140. The normalized spacial score (nSPS) is 13.9. The van der Waals surface area contributed by atoms with Crippen LogP contribution in [0.2, 0.25) is 10.0 Å². The number of carbonyl (C=O) groups excluding carboxylic acids is 2. The van der Waals surface area contributed by atoms with Gasteiger partial charge in [0.2, 0.25) is 11.8 Å². The molecule has 2 amide bonds. The Labute approximate surface area is 292 Å². The summed E-state index contributed by atoms with van der Waals surface area (Å²) in [5.74, 6) is 0.285. The second-order valence-corrected chi connectivity index (χ2v) is 14.6. The van der Waals surface area contributed by atoms with Gasteiger partial charge in [-0.3, -0.25) is 13.9 Å². The lowest BCUT2D eigenvalue weighted by Crippen LogP contribution is -2.53. The van der Waals surface area contributed by atoms with E-state index in [-0.39, 0.29) is 29.1 Å². The molecular formula is C37H39Cl2N3O5S. The first-order valence-corrected chi connectivity index (χ1v) is 18.2. The molecule has 1 N–H and O–H groups in total. The van der Waals surface area contributed by atoms with Crippen molar-refractivity contribution in [3.8, 4) is 11.5 Å². The predicted molar refractivity (Wildman–Crippen MR) is 190 cm³/mol. The van der Waals surface area contributed by atoms with E-state index in [4.69, 9.17) is 27.9 Å². The van der Waals surface area contributed by atoms with Crippen LogP contribution >= 0.6 is 23.2 Å². The Balaban J connectivity index is 1.50. The zero-order valence-electron chi connectivity index (χ0n) is 26.9. The predicted octanol–water partition coefficient (Wildman–Crippen LogP) is 8.16. The third-order valence-electron chi connectivity index (χ3n) is 8.43. The molecule has 252 valence electrons. The zero-order valence-corrected chi connectivity index (χ0v) is 29.3. The minimum Gasteiger partial charge on any atom is -0.457 e. The molecule has 8 nitrogen and oxygen atoms in total. The van der Waals surface area contributed by atoms with Crippen LogP contribution in [-0.2, 0) is 26.2 Å². The molecule has 1 aliphatic carbocycles. The molecule has 0 radical (unpaired) electrons. The van der Waals surface area contributed by atoms with Crippen LogP contribution in [0.15, 0.2) is 102 Å². The number of carbonyl (C=O) groups is 2. The average Bonchev–Trinajstić information content (AvgIpc) is 3.58. The van der Waals surface area contributed by atoms with Gasteiger partial charge in [-0.05, 0) is 92.4 Å². The molecule has 0 bridgehead atoms. The van der Waals surface area contributed by atoms with Gasteiger partial charge in [0, 0.05) is 22.6 Å². The Morgan fingerprint density at radius 3 is 2.17 bits per heavy atom. The van der Waals surface area contributed by atoms with Gasteiger partial charge in [0.05, 0.1) is 10.6 Å². The zero-order chi connectivity index (χ0) is 34.3. The molecule has 4 aromatic rings. The minimum atomic E-state index is -4.23. The first-order valence-electron chi connectivity index (χ1n) is 16.0. The molecule has 1 fully saturated rings. The van der Waals surface area contributed by atoms with Crippen molar-refractivity contribution >= 4 is 50.7 Å². The lowest BCUT2D eigenvalue weighted by atomic mass is 10.1. The number of halogens is 2. The van der Waals surface area contributed by atoms with Gasteiger partial charge in [-0.2, -0.15) is 0 Å². The minimum absolute atomic E-state index is 0.0201. The van der Waals surface area contributed by atoms with Gasteiger partial charge >= 0.3 is 0 Å². The molecule has 0 unspecified atom stereocenters. The van der Waals surface area contributed by atoms with E-state index in [1.807, 2.05) is 44.2 Å². The van der Waals surface area contributed by atoms with Crippen LogP contribution in [0.4, 0.5) is 5.69 Å². The number of sulfonamides is 1. The van der Waals surface area contributed by atoms with E-state index < -0.39 is 28.5 Å². The molecule has 11 heteroatoms. The molecule has 1 atom stereocenters. The molecule has 0 heterocycles. The van der Waals surface area contributed by atoms with Crippen molar-refractivity contribution < 1.29 is 22.7 Å². The number of rotatable bonds is 13. The van der Waals surface area contributed by atoms with Gasteiger partial charge in [-0.1, -0.05) is 84.9 Å². The summed E-state index contributed by atoms with van der Waals surface area (Å²) in [6.45, 7) is 3.11. The number of para-hydroxylation sites is 1. The molecular weight excluding hydrogens is 669 g/mol. The molecule has 1 saturated carbocycles. The van der Waals surface area contributed by atoms with Crippen molar-refractivity contribution in [1.82, 2.24) is 10.2 Å². The Kier molecular flexibility index (Phi) is 11.7. The van der Waals surface area contributed by atoms with Crippen molar-refractivity contribution in [3.05, 3.63) is 118 Å². The van der Waals surface area contributed by atoms with Crippen LogP contribution in [0.1, 0.15) is 50.2 Å².